The van der Waals surface area contributed by atoms with Crippen LogP contribution >= 0.6 is 0 Å². The number of hydrogen-bond acceptors (Lipinski definition) is 6. The highest BCUT2D eigenvalue weighted by Gasteiger charge is 2.48. The van der Waals surface area contributed by atoms with E-state index >= 15 is 0 Å². The van der Waals surface area contributed by atoms with Crippen molar-refractivity contribution in [3.63, 3.8) is 0 Å². The maximum Gasteiger partial charge on any atom is 0.305 e. The summed E-state index contributed by atoms with van der Waals surface area (Å²) in [5, 5.41) is 0. The van der Waals surface area contributed by atoms with Crippen molar-refractivity contribution in [3.05, 3.63) is 108 Å². The topological polar surface area (TPSA) is 63.2 Å². The molecule has 3 aromatic carbocycles. The molecule has 1 saturated heterocycles. The Morgan fingerprint density at radius 3 is 1.68 bits per heavy atom. The number of carbonyl (C=O) groups is 1. The third-order valence-electron chi connectivity index (χ3n) is 5.51. The maximum atomic E-state index is 11.8. The molecule has 3 aromatic rings. The lowest BCUT2D eigenvalue weighted by molar-refractivity contribution is -0.195. The normalized spacial score (nSPS) is 21.9. The average Bonchev–Trinajstić information content (AvgIpc) is 3.18. The zero-order valence-electron chi connectivity index (χ0n) is 19.2. The summed E-state index contributed by atoms with van der Waals surface area (Å²) in [6.07, 6.45) is -2.42. The van der Waals surface area contributed by atoms with E-state index in [-0.39, 0.29) is 6.61 Å². The van der Waals surface area contributed by atoms with Gasteiger partial charge in [-0.15, -0.1) is 0 Å². The summed E-state index contributed by atoms with van der Waals surface area (Å²) in [4.78, 5) is 11.8. The van der Waals surface area contributed by atoms with Crippen molar-refractivity contribution < 1.29 is 28.5 Å². The minimum Gasteiger partial charge on any atom is -0.433 e. The molecule has 0 amide bonds. The SMILES string of the molecule is CC(=O)OC1O[C@H](COCc2ccccc2)[C@@H](OCc2ccccc2)[C@H]1OCc1ccccc1. The predicted molar refractivity (Wildman–Crippen MR) is 127 cm³/mol. The zero-order chi connectivity index (χ0) is 23.6. The summed E-state index contributed by atoms with van der Waals surface area (Å²) in [6.45, 7) is 2.80. The van der Waals surface area contributed by atoms with E-state index in [0.717, 1.165) is 16.7 Å². The van der Waals surface area contributed by atoms with Crippen LogP contribution in [0, 0.1) is 0 Å². The highest BCUT2D eigenvalue weighted by Crippen LogP contribution is 2.30. The molecule has 178 valence electrons. The van der Waals surface area contributed by atoms with E-state index < -0.39 is 30.6 Å². The van der Waals surface area contributed by atoms with Gasteiger partial charge in [-0.3, -0.25) is 4.79 Å². The fourth-order valence-electron chi connectivity index (χ4n) is 3.86. The molecule has 0 radical (unpaired) electrons. The van der Waals surface area contributed by atoms with E-state index in [0.29, 0.717) is 19.8 Å². The van der Waals surface area contributed by atoms with Crippen molar-refractivity contribution in [2.45, 2.75) is 51.3 Å². The predicted octanol–water partition coefficient (Wildman–Crippen LogP) is 4.66. The van der Waals surface area contributed by atoms with E-state index in [2.05, 4.69) is 0 Å². The maximum absolute atomic E-state index is 11.8. The number of esters is 1. The molecule has 1 fully saturated rings. The fourth-order valence-corrected chi connectivity index (χ4v) is 3.86. The second-order valence-electron chi connectivity index (χ2n) is 8.18. The molecule has 1 heterocycles. The van der Waals surface area contributed by atoms with Gasteiger partial charge in [0.25, 0.3) is 0 Å². The molecule has 0 aliphatic carbocycles. The summed E-state index contributed by atoms with van der Waals surface area (Å²) in [5.41, 5.74) is 3.11. The molecule has 1 unspecified atom stereocenters. The van der Waals surface area contributed by atoms with Gasteiger partial charge >= 0.3 is 5.97 Å². The van der Waals surface area contributed by atoms with Gasteiger partial charge in [-0.2, -0.15) is 0 Å². The molecule has 4 atom stereocenters. The summed E-state index contributed by atoms with van der Waals surface area (Å²) >= 11 is 0. The fraction of sp³-hybridized carbons (Fsp3) is 0.321. The van der Waals surface area contributed by atoms with Crippen LogP contribution in [0.3, 0.4) is 0 Å². The highest BCUT2D eigenvalue weighted by atomic mass is 16.7. The first-order valence-electron chi connectivity index (χ1n) is 11.4. The van der Waals surface area contributed by atoms with Gasteiger partial charge in [0, 0.05) is 6.92 Å². The van der Waals surface area contributed by atoms with E-state index in [1.807, 2.05) is 91.0 Å². The minimum absolute atomic E-state index is 0.275. The zero-order valence-corrected chi connectivity index (χ0v) is 19.2. The van der Waals surface area contributed by atoms with Crippen molar-refractivity contribution in [2.24, 2.45) is 0 Å². The number of benzene rings is 3. The molecule has 4 rings (SSSR count). The van der Waals surface area contributed by atoms with Crippen molar-refractivity contribution in [3.8, 4) is 0 Å². The first-order valence-corrected chi connectivity index (χ1v) is 11.4. The monoisotopic (exact) mass is 462 g/mol. The molecule has 0 N–H and O–H groups in total. The Labute approximate surface area is 200 Å². The van der Waals surface area contributed by atoms with Crippen LogP contribution in [0.4, 0.5) is 0 Å². The Bertz CT molecular complexity index is 995. The Hall–Kier alpha value is -3.03. The molecule has 0 spiro atoms. The second-order valence-corrected chi connectivity index (χ2v) is 8.18. The van der Waals surface area contributed by atoms with Crippen LogP contribution in [-0.2, 0) is 48.3 Å². The van der Waals surface area contributed by atoms with Gasteiger partial charge < -0.3 is 23.7 Å². The van der Waals surface area contributed by atoms with Crippen LogP contribution in [0.25, 0.3) is 0 Å². The lowest BCUT2D eigenvalue weighted by Crippen LogP contribution is -2.40. The molecule has 0 saturated carbocycles. The Balaban J connectivity index is 1.47. The van der Waals surface area contributed by atoms with Crippen molar-refractivity contribution in [1.82, 2.24) is 0 Å². The summed E-state index contributed by atoms with van der Waals surface area (Å²) in [5.74, 6) is -0.439. The number of rotatable bonds is 11. The molecular formula is C28H30O6. The molecule has 6 heteroatoms. The van der Waals surface area contributed by atoms with Crippen LogP contribution in [0.2, 0.25) is 0 Å². The Morgan fingerprint density at radius 1 is 0.706 bits per heavy atom. The van der Waals surface area contributed by atoms with E-state index in [1.165, 1.54) is 6.92 Å². The largest absolute Gasteiger partial charge is 0.433 e. The molecule has 1 aliphatic heterocycles. The quantitative estimate of drug-likeness (QED) is 0.386. The molecular weight excluding hydrogens is 432 g/mol. The van der Waals surface area contributed by atoms with E-state index in [1.54, 1.807) is 0 Å². The third kappa shape index (κ3) is 6.98. The standard InChI is InChI=1S/C28H30O6/c1-21(29)33-28-27(32-19-24-15-9-4-10-16-24)26(31-18-23-13-7-3-8-14-23)25(34-28)20-30-17-22-11-5-2-6-12-22/h2-16,25-28H,17-20H2,1H3/t25-,26-,27-,28?/m1/s1. The number of ether oxygens (including phenoxy) is 5. The molecule has 34 heavy (non-hydrogen) atoms. The van der Waals surface area contributed by atoms with Gasteiger partial charge in [-0.1, -0.05) is 91.0 Å². The lowest BCUT2D eigenvalue weighted by atomic mass is 10.1. The Morgan fingerprint density at radius 2 is 1.18 bits per heavy atom. The van der Waals surface area contributed by atoms with Gasteiger partial charge in [0.15, 0.2) is 0 Å². The second kappa shape index (κ2) is 12.4. The van der Waals surface area contributed by atoms with Gasteiger partial charge in [-0.05, 0) is 16.7 Å². The summed E-state index contributed by atoms with van der Waals surface area (Å²) in [6, 6.07) is 29.7. The van der Waals surface area contributed by atoms with Crippen molar-refractivity contribution >= 4 is 5.97 Å². The van der Waals surface area contributed by atoms with Gasteiger partial charge in [0.2, 0.25) is 6.29 Å². The average molecular weight is 463 g/mol. The molecule has 0 aromatic heterocycles. The summed E-state index contributed by atoms with van der Waals surface area (Å²) < 4.78 is 30.0. The Kier molecular flexibility index (Phi) is 8.82. The summed E-state index contributed by atoms with van der Waals surface area (Å²) in [7, 11) is 0. The smallest absolute Gasteiger partial charge is 0.305 e. The first kappa shape index (κ1) is 24.1. The lowest BCUT2D eigenvalue weighted by Gasteiger charge is -2.24. The van der Waals surface area contributed by atoms with Crippen LogP contribution in [0.15, 0.2) is 91.0 Å². The van der Waals surface area contributed by atoms with E-state index in [4.69, 9.17) is 23.7 Å². The van der Waals surface area contributed by atoms with Gasteiger partial charge in [-0.25, -0.2) is 0 Å². The minimum atomic E-state index is -0.882. The van der Waals surface area contributed by atoms with Crippen LogP contribution in [0.5, 0.6) is 0 Å². The first-order chi connectivity index (χ1) is 16.7. The van der Waals surface area contributed by atoms with Crippen molar-refractivity contribution in [2.75, 3.05) is 6.61 Å². The molecule has 1 aliphatic rings. The van der Waals surface area contributed by atoms with Gasteiger partial charge in [0.1, 0.15) is 18.3 Å². The van der Waals surface area contributed by atoms with Gasteiger partial charge in [0.05, 0.1) is 26.4 Å². The van der Waals surface area contributed by atoms with E-state index in [9.17, 15) is 4.79 Å². The number of carbonyl (C=O) groups excluding carboxylic acids is 1. The van der Waals surface area contributed by atoms with Crippen LogP contribution in [0.1, 0.15) is 23.6 Å². The molecule has 0 bridgehead atoms. The van der Waals surface area contributed by atoms with Crippen LogP contribution in [-0.4, -0.2) is 37.2 Å². The van der Waals surface area contributed by atoms with Crippen LogP contribution < -0.4 is 0 Å². The highest BCUT2D eigenvalue weighted by molar-refractivity contribution is 5.66. The number of hydrogen-bond donors (Lipinski definition) is 0. The third-order valence-corrected chi connectivity index (χ3v) is 5.51. The van der Waals surface area contributed by atoms with Crippen molar-refractivity contribution in [1.29, 1.82) is 0 Å². The molecule has 6 nitrogen and oxygen atoms in total.